The second kappa shape index (κ2) is 7.83. The molecule has 3 aliphatic heterocycles. The molecule has 2 aromatic carbocycles. The SMILES string of the molecule is Cc1cccc(-c2ccc3c(c2)C(NC(=O)O[C@@H]2CN4CCC2CC4)CCC3)c1. The molecule has 2 atom stereocenters. The highest BCUT2D eigenvalue weighted by molar-refractivity contribution is 5.70. The van der Waals surface area contributed by atoms with Gasteiger partial charge in [0.05, 0.1) is 6.04 Å². The van der Waals surface area contributed by atoms with Gasteiger partial charge in [0.1, 0.15) is 6.10 Å². The van der Waals surface area contributed by atoms with Crippen molar-refractivity contribution in [1.29, 1.82) is 0 Å². The maximum atomic E-state index is 12.7. The zero-order valence-corrected chi connectivity index (χ0v) is 17.2. The summed E-state index contributed by atoms with van der Waals surface area (Å²) >= 11 is 0. The van der Waals surface area contributed by atoms with Crippen LogP contribution in [0.25, 0.3) is 11.1 Å². The third-order valence-corrected chi connectivity index (χ3v) is 6.96. The number of rotatable bonds is 3. The Morgan fingerprint density at radius 2 is 1.90 bits per heavy atom. The Hall–Kier alpha value is -2.33. The normalized spacial score (nSPS) is 27.9. The summed E-state index contributed by atoms with van der Waals surface area (Å²) < 4.78 is 5.88. The lowest BCUT2D eigenvalue weighted by Crippen LogP contribution is -2.52. The Morgan fingerprint density at radius 1 is 1.07 bits per heavy atom. The largest absolute Gasteiger partial charge is 0.445 e. The fourth-order valence-electron chi connectivity index (χ4n) is 5.31. The molecule has 3 fully saturated rings. The Bertz CT molecular complexity index is 901. The highest BCUT2D eigenvalue weighted by atomic mass is 16.6. The van der Waals surface area contributed by atoms with Gasteiger partial charge in [-0.3, -0.25) is 4.90 Å². The van der Waals surface area contributed by atoms with Crippen molar-refractivity contribution in [3.8, 4) is 11.1 Å². The zero-order chi connectivity index (χ0) is 19.8. The lowest BCUT2D eigenvalue weighted by molar-refractivity contribution is -0.0340. The van der Waals surface area contributed by atoms with E-state index in [1.807, 2.05) is 0 Å². The summed E-state index contributed by atoms with van der Waals surface area (Å²) in [6.45, 7) is 5.33. The van der Waals surface area contributed by atoms with Crippen LogP contribution in [-0.2, 0) is 11.2 Å². The lowest BCUT2D eigenvalue weighted by Gasteiger charge is -2.44. The molecule has 0 spiro atoms. The number of aryl methyl sites for hydroxylation is 2. The number of ether oxygens (including phenoxy) is 1. The number of amides is 1. The monoisotopic (exact) mass is 390 g/mol. The smallest absolute Gasteiger partial charge is 0.407 e. The lowest BCUT2D eigenvalue weighted by atomic mass is 9.85. The van der Waals surface area contributed by atoms with Crippen LogP contribution in [0.3, 0.4) is 0 Å². The number of nitrogens with one attached hydrogen (secondary N) is 1. The molecular formula is C25H30N2O2. The highest BCUT2D eigenvalue weighted by Gasteiger charge is 2.37. The third-order valence-electron chi connectivity index (χ3n) is 6.96. The summed E-state index contributed by atoms with van der Waals surface area (Å²) in [5, 5.41) is 3.19. The van der Waals surface area contributed by atoms with Gasteiger partial charge in [0.25, 0.3) is 0 Å². The average Bonchev–Trinajstić information content (AvgIpc) is 2.74. The Kier molecular flexibility index (Phi) is 5.04. The van der Waals surface area contributed by atoms with E-state index >= 15 is 0 Å². The topological polar surface area (TPSA) is 41.6 Å². The van der Waals surface area contributed by atoms with E-state index in [0.717, 1.165) is 51.7 Å². The number of alkyl carbamates (subject to hydrolysis) is 1. The molecule has 0 saturated carbocycles. The number of carbonyl (C=O) groups is 1. The molecule has 1 aliphatic carbocycles. The first kappa shape index (κ1) is 18.7. The van der Waals surface area contributed by atoms with Crippen LogP contribution < -0.4 is 5.32 Å². The van der Waals surface area contributed by atoms with Crippen molar-refractivity contribution < 1.29 is 9.53 Å². The number of hydrogen-bond donors (Lipinski definition) is 1. The van der Waals surface area contributed by atoms with Gasteiger partial charge in [0, 0.05) is 6.54 Å². The molecule has 4 aliphatic rings. The van der Waals surface area contributed by atoms with Gasteiger partial charge in [-0.2, -0.15) is 0 Å². The maximum Gasteiger partial charge on any atom is 0.407 e. The van der Waals surface area contributed by atoms with E-state index in [9.17, 15) is 4.79 Å². The molecule has 3 heterocycles. The minimum Gasteiger partial charge on any atom is -0.445 e. The molecule has 3 saturated heterocycles. The first-order valence-corrected chi connectivity index (χ1v) is 11.0. The van der Waals surface area contributed by atoms with Crippen LogP contribution in [0.4, 0.5) is 4.79 Å². The minimum absolute atomic E-state index is 0.0390. The molecule has 1 unspecified atom stereocenters. The second-order valence-electron chi connectivity index (χ2n) is 8.95. The molecule has 152 valence electrons. The van der Waals surface area contributed by atoms with Crippen molar-refractivity contribution in [2.24, 2.45) is 5.92 Å². The van der Waals surface area contributed by atoms with Crippen molar-refractivity contribution in [2.45, 2.75) is 51.2 Å². The van der Waals surface area contributed by atoms with Crippen LogP contribution in [0, 0.1) is 12.8 Å². The summed E-state index contributed by atoms with van der Waals surface area (Å²) in [6, 6.07) is 15.3. The van der Waals surface area contributed by atoms with Gasteiger partial charge in [-0.15, -0.1) is 0 Å². The Morgan fingerprint density at radius 3 is 2.66 bits per heavy atom. The van der Waals surface area contributed by atoms with Gasteiger partial charge in [-0.05, 0) is 86.4 Å². The molecule has 1 N–H and O–H groups in total. The van der Waals surface area contributed by atoms with Gasteiger partial charge < -0.3 is 10.1 Å². The molecule has 0 aromatic heterocycles. The number of fused-ring (bicyclic) bond motifs is 4. The molecule has 2 aromatic rings. The van der Waals surface area contributed by atoms with Gasteiger partial charge in [0.15, 0.2) is 0 Å². The van der Waals surface area contributed by atoms with Crippen molar-refractivity contribution in [3.05, 3.63) is 59.2 Å². The fourth-order valence-corrected chi connectivity index (χ4v) is 5.31. The first-order chi connectivity index (χ1) is 14.2. The molecular weight excluding hydrogens is 360 g/mol. The third kappa shape index (κ3) is 3.91. The molecule has 4 nitrogen and oxygen atoms in total. The van der Waals surface area contributed by atoms with Crippen molar-refractivity contribution in [3.63, 3.8) is 0 Å². The summed E-state index contributed by atoms with van der Waals surface area (Å²) in [5.41, 5.74) is 6.30. The maximum absolute atomic E-state index is 12.7. The molecule has 6 rings (SSSR count). The van der Waals surface area contributed by atoms with Gasteiger partial charge >= 0.3 is 6.09 Å². The molecule has 29 heavy (non-hydrogen) atoms. The van der Waals surface area contributed by atoms with Crippen LogP contribution in [0.15, 0.2) is 42.5 Å². The summed E-state index contributed by atoms with van der Waals surface area (Å²) in [6.07, 6.45) is 5.27. The highest BCUT2D eigenvalue weighted by Crippen LogP contribution is 2.34. The summed E-state index contributed by atoms with van der Waals surface area (Å²) in [4.78, 5) is 15.1. The van der Waals surface area contributed by atoms with Crippen LogP contribution in [-0.4, -0.2) is 36.7 Å². The average molecular weight is 391 g/mol. The molecule has 4 heteroatoms. The number of hydrogen-bond acceptors (Lipinski definition) is 3. The van der Waals surface area contributed by atoms with Gasteiger partial charge in [-0.25, -0.2) is 4.79 Å². The van der Waals surface area contributed by atoms with E-state index in [4.69, 9.17) is 4.74 Å². The van der Waals surface area contributed by atoms with E-state index < -0.39 is 0 Å². The summed E-state index contributed by atoms with van der Waals surface area (Å²) in [5.74, 6) is 0.539. The molecule has 1 amide bonds. The van der Waals surface area contributed by atoms with E-state index in [-0.39, 0.29) is 18.2 Å². The predicted molar refractivity (Wildman–Crippen MR) is 115 cm³/mol. The minimum atomic E-state index is -0.248. The predicted octanol–water partition coefficient (Wildman–Crippen LogP) is 4.86. The van der Waals surface area contributed by atoms with Crippen molar-refractivity contribution in [1.82, 2.24) is 10.2 Å². The first-order valence-electron chi connectivity index (χ1n) is 11.0. The van der Waals surface area contributed by atoms with E-state index in [1.54, 1.807) is 0 Å². The fraction of sp³-hybridized carbons (Fsp3) is 0.480. The van der Waals surface area contributed by atoms with Crippen LogP contribution >= 0.6 is 0 Å². The van der Waals surface area contributed by atoms with Crippen molar-refractivity contribution >= 4 is 6.09 Å². The molecule has 2 bridgehead atoms. The number of piperidine rings is 3. The molecule has 0 radical (unpaired) electrons. The standard InChI is InChI=1S/C25H30N2O2/c1-17-4-2-6-20(14-17)21-9-8-18-5-3-7-23(22(18)15-21)26-25(28)29-24-16-27-12-10-19(24)11-13-27/h2,4,6,8-9,14-15,19,23-24H,3,5,7,10-13,16H2,1H3,(H,26,28)/t23?,24-/m1/s1. The van der Waals surface area contributed by atoms with Crippen LogP contribution in [0.1, 0.15) is 48.4 Å². The second-order valence-corrected chi connectivity index (χ2v) is 8.95. The van der Waals surface area contributed by atoms with Gasteiger partial charge in [0.2, 0.25) is 0 Å². The summed E-state index contributed by atoms with van der Waals surface area (Å²) in [7, 11) is 0. The Labute approximate surface area is 173 Å². The van der Waals surface area contributed by atoms with Crippen LogP contribution in [0.5, 0.6) is 0 Å². The van der Waals surface area contributed by atoms with Crippen molar-refractivity contribution in [2.75, 3.05) is 19.6 Å². The zero-order valence-electron chi connectivity index (χ0n) is 17.2. The number of carbonyl (C=O) groups excluding carboxylic acids is 1. The quantitative estimate of drug-likeness (QED) is 0.814. The van der Waals surface area contributed by atoms with E-state index in [2.05, 4.69) is 59.6 Å². The number of benzene rings is 2. The van der Waals surface area contributed by atoms with E-state index in [0.29, 0.717) is 5.92 Å². The van der Waals surface area contributed by atoms with Gasteiger partial charge in [-0.1, -0.05) is 42.0 Å². The number of nitrogens with zero attached hydrogens (tertiary/aromatic N) is 1. The van der Waals surface area contributed by atoms with Crippen LogP contribution in [0.2, 0.25) is 0 Å². The van der Waals surface area contributed by atoms with E-state index in [1.165, 1.54) is 27.8 Å². The Balaban J connectivity index is 1.32.